The molecule has 1 rings (SSSR count). The van der Waals surface area contributed by atoms with Crippen molar-refractivity contribution in [3.63, 3.8) is 0 Å². The summed E-state index contributed by atoms with van der Waals surface area (Å²) in [7, 11) is 0. The van der Waals surface area contributed by atoms with Gasteiger partial charge in [0.15, 0.2) is 0 Å². The lowest BCUT2D eigenvalue weighted by molar-refractivity contribution is -0.486. The molecule has 310 valence electrons. The summed E-state index contributed by atoms with van der Waals surface area (Å²) < 4.78 is 347. The van der Waals surface area contributed by atoms with E-state index in [9.17, 15) is 115 Å². The Labute approximate surface area is 277 Å². The van der Waals surface area contributed by atoms with Gasteiger partial charge < -0.3 is 9.47 Å². The number of hydrogen-bond acceptors (Lipinski definition) is 3. The number of carbonyl (C=O) groups excluding carboxylic acids is 1. The maximum Gasteiger partial charge on any atom is 0.471 e. The molecular weight excluding hydrogens is 823 g/mol. The van der Waals surface area contributed by atoms with E-state index in [1.807, 2.05) is 0 Å². The highest BCUT2D eigenvalue weighted by Gasteiger charge is 2.99. The molecule has 0 bridgehead atoms. The van der Waals surface area contributed by atoms with Crippen LogP contribution in [0.25, 0.3) is 0 Å². The van der Waals surface area contributed by atoms with E-state index in [1.54, 1.807) is 6.92 Å². The van der Waals surface area contributed by atoms with Crippen LogP contribution in [0.15, 0.2) is 24.3 Å². The molecule has 28 heteroatoms. The lowest BCUT2D eigenvalue weighted by Gasteiger charge is -2.45. The summed E-state index contributed by atoms with van der Waals surface area (Å²) in [5.41, 5.74) is -0.0775. The molecule has 1 unspecified atom stereocenters. The third kappa shape index (κ3) is 7.07. The van der Waals surface area contributed by atoms with Crippen LogP contribution in [-0.2, 0) is 16.0 Å². The van der Waals surface area contributed by atoms with Crippen molar-refractivity contribution in [2.24, 2.45) is 5.92 Å². The van der Waals surface area contributed by atoms with Gasteiger partial charge in [-0.3, -0.25) is 4.79 Å². The molecule has 3 nitrogen and oxygen atoms in total. The van der Waals surface area contributed by atoms with Gasteiger partial charge in [0.2, 0.25) is 0 Å². The molecule has 0 amide bonds. The molecular formula is C25H17F25O3. The van der Waals surface area contributed by atoms with Crippen LogP contribution in [0.2, 0.25) is 0 Å². The summed E-state index contributed by atoms with van der Waals surface area (Å²) in [5.74, 6) is -95.5. The van der Waals surface area contributed by atoms with E-state index < -0.39 is 95.8 Å². The van der Waals surface area contributed by atoms with Gasteiger partial charge >= 0.3 is 77.5 Å². The van der Waals surface area contributed by atoms with Crippen molar-refractivity contribution >= 4 is 5.97 Å². The fourth-order valence-corrected chi connectivity index (χ4v) is 3.45. The minimum absolute atomic E-state index is 0.0775. The molecule has 0 aliphatic carbocycles. The quantitative estimate of drug-likeness (QED) is 0.116. The number of alkyl halides is 25. The summed E-state index contributed by atoms with van der Waals surface area (Å²) in [6, 6.07) is 1.42. The first-order valence-corrected chi connectivity index (χ1v) is 13.2. The van der Waals surface area contributed by atoms with Gasteiger partial charge in [0.05, 0.1) is 12.5 Å². The van der Waals surface area contributed by atoms with E-state index in [1.165, 1.54) is 6.92 Å². The van der Waals surface area contributed by atoms with Gasteiger partial charge in [-0.25, -0.2) is 0 Å². The Kier molecular flexibility index (Phi) is 12.4. The van der Waals surface area contributed by atoms with Crippen molar-refractivity contribution in [1.82, 2.24) is 0 Å². The van der Waals surface area contributed by atoms with Crippen LogP contribution in [-0.4, -0.2) is 84.1 Å². The lowest BCUT2D eigenvalue weighted by atomic mass is 9.85. The predicted molar refractivity (Wildman–Crippen MR) is 122 cm³/mol. The van der Waals surface area contributed by atoms with Gasteiger partial charge in [0.1, 0.15) is 5.75 Å². The van der Waals surface area contributed by atoms with Crippen molar-refractivity contribution in [2.45, 2.75) is 98.2 Å². The summed E-state index contributed by atoms with van der Waals surface area (Å²) in [6.45, 7) is 2.58. The second-order valence-electron chi connectivity index (χ2n) is 10.7. The van der Waals surface area contributed by atoms with Crippen molar-refractivity contribution in [3.05, 3.63) is 29.8 Å². The van der Waals surface area contributed by atoms with E-state index in [0.29, 0.717) is 18.6 Å². The van der Waals surface area contributed by atoms with Gasteiger partial charge in [-0.1, -0.05) is 26.0 Å². The van der Waals surface area contributed by atoms with Crippen molar-refractivity contribution in [1.29, 1.82) is 0 Å². The van der Waals surface area contributed by atoms with E-state index in [0.717, 1.165) is 0 Å². The Balaban J connectivity index is 3.59. The summed E-state index contributed by atoms with van der Waals surface area (Å²) in [5, 5.41) is 0. The zero-order valence-electron chi connectivity index (χ0n) is 25.2. The third-order valence-electron chi connectivity index (χ3n) is 7.09. The number of carbonyl (C=O) groups is 1. The zero-order chi connectivity index (χ0) is 42.7. The average molecular weight is 840 g/mol. The molecule has 0 saturated heterocycles. The van der Waals surface area contributed by atoms with Crippen LogP contribution >= 0.6 is 0 Å². The van der Waals surface area contributed by atoms with Gasteiger partial charge in [-0.2, -0.15) is 110 Å². The molecule has 1 aromatic rings. The Morgan fingerprint density at radius 3 is 1.11 bits per heavy atom. The van der Waals surface area contributed by atoms with E-state index in [2.05, 4.69) is 4.74 Å². The van der Waals surface area contributed by atoms with Crippen LogP contribution < -0.4 is 4.74 Å². The zero-order valence-corrected chi connectivity index (χ0v) is 25.2. The number of rotatable bonds is 17. The molecule has 0 aliphatic rings. The molecule has 0 fully saturated rings. The molecule has 0 heterocycles. The fraction of sp³-hybridized carbons (Fsp3) is 0.720. The first-order valence-electron chi connectivity index (χ1n) is 13.2. The highest BCUT2D eigenvalue weighted by atomic mass is 19.4. The lowest BCUT2D eigenvalue weighted by Crippen LogP contribution is -2.78. The third-order valence-corrected chi connectivity index (χ3v) is 7.09. The van der Waals surface area contributed by atoms with E-state index in [-0.39, 0.29) is 24.1 Å². The Hall–Kier alpha value is -3.26. The number of halogens is 25. The van der Waals surface area contributed by atoms with Crippen LogP contribution in [0.5, 0.6) is 5.75 Å². The van der Waals surface area contributed by atoms with Gasteiger partial charge in [0, 0.05) is 6.42 Å². The summed E-state index contributed by atoms with van der Waals surface area (Å²) in [4.78, 5) is 11.6. The number of benzene rings is 1. The first kappa shape index (κ1) is 47.8. The predicted octanol–water partition coefficient (Wildman–Crippen LogP) is 10.7. The molecule has 1 aromatic carbocycles. The van der Waals surface area contributed by atoms with E-state index in [4.69, 9.17) is 4.74 Å². The second-order valence-corrected chi connectivity index (χ2v) is 10.7. The highest BCUT2D eigenvalue weighted by molar-refractivity contribution is 5.71. The smallest absolute Gasteiger partial charge is 0.465 e. The van der Waals surface area contributed by atoms with E-state index >= 15 is 0 Å². The molecule has 1 atom stereocenters. The maximum absolute atomic E-state index is 14.1. The normalized spacial score (nSPS) is 16.1. The maximum atomic E-state index is 14.1. The van der Waals surface area contributed by atoms with Crippen molar-refractivity contribution in [2.75, 3.05) is 6.61 Å². The van der Waals surface area contributed by atoms with Crippen LogP contribution in [0.4, 0.5) is 110 Å². The largest absolute Gasteiger partial charge is 0.471 e. The number of esters is 1. The minimum atomic E-state index is -9.65. The van der Waals surface area contributed by atoms with Gasteiger partial charge in [0.25, 0.3) is 0 Å². The monoisotopic (exact) mass is 840 g/mol. The van der Waals surface area contributed by atoms with Crippen LogP contribution in [0.1, 0.15) is 25.8 Å². The molecule has 0 aliphatic heterocycles. The topological polar surface area (TPSA) is 35.5 Å². The molecule has 0 saturated carbocycles. The highest BCUT2D eigenvalue weighted by Crippen LogP contribution is 2.67. The van der Waals surface area contributed by atoms with Gasteiger partial charge in [-0.05, 0) is 24.1 Å². The van der Waals surface area contributed by atoms with Crippen LogP contribution in [0, 0.1) is 5.92 Å². The Morgan fingerprint density at radius 2 is 0.811 bits per heavy atom. The fourth-order valence-electron chi connectivity index (χ4n) is 3.45. The second kappa shape index (κ2) is 13.8. The Bertz CT molecular complexity index is 1430. The van der Waals surface area contributed by atoms with Gasteiger partial charge in [-0.15, -0.1) is 0 Å². The minimum Gasteiger partial charge on any atom is -0.465 e. The average Bonchev–Trinajstić information content (AvgIpc) is 2.99. The molecule has 0 N–H and O–H groups in total. The first-order chi connectivity index (χ1) is 23.1. The summed E-state index contributed by atoms with van der Waals surface area (Å²) >= 11 is 0. The SMILES string of the molecule is CCC(C)C(=O)OCCc1ccc(OC(F)(F)C(F)(F)C(F)(F)C(F)(F)C(F)(F)C(F)(F)C(F)(F)C(F)(F)C(F)(F)C(F)(F)C(F)(F)C(F)(F)F)cc1. The Morgan fingerprint density at radius 1 is 0.509 bits per heavy atom. The molecule has 53 heavy (non-hydrogen) atoms. The van der Waals surface area contributed by atoms with Crippen molar-refractivity contribution in [3.8, 4) is 5.75 Å². The summed E-state index contributed by atoms with van der Waals surface area (Å²) in [6.07, 6.45) is -15.6. The number of hydrogen-bond donors (Lipinski definition) is 0. The molecule has 0 spiro atoms. The van der Waals surface area contributed by atoms with Crippen molar-refractivity contribution < 1.29 is 124 Å². The standard InChI is InChI=1S/C25H17F25O3/c1-3-10(2)13(51)52-9-8-11-4-6-12(7-5-11)53-25(49,50)23(44,45)21(40,41)19(36,37)17(32,33)15(28,29)14(26,27)16(30,31)18(34,35)20(38,39)22(42,43)24(46,47)48/h4-7,10H,3,8-9H2,1-2H3. The molecule has 0 radical (unpaired) electrons. The number of ether oxygens (including phenoxy) is 2. The molecule has 0 aromatic heterocycles. The van der Waals surface area contributed by atoms with Crippen LogP contribution in [0.3, 0.4) is 0 Å².